The van der Waals surface area contributed by atoms with Crippen LogP contribution in [0.5, 0.6) is 0 Å². The highest BCUT2D eigenvalue weighted by molar-refractivity contribution is 9.09. The molecule has 0 amide bonds. The van der Waals surface area contributed by atoms with Crippen LogP contribution >= 0.6 is 15.9 Å². The molecule has 0 aromatic rings. The van der Waals surface area contributed by atoms with Gasteiger partial charge in [0.05, 0.1) is 6.67 Å². The minimum absolute atomic E-state index is 0.167. The van der Waals surface area contributed by atoms with Crippen LogP contribution in [-0.2, 0) is 0 Å². The van der Waals surface area contributed by atoms with E-state index in [-0.39, 0.29) is 12.1 Å². The first-order valence-corrected chi connectivity index (χ1v) is 3.36. The molecule has 0 rings (SSSR count). The average Bonchev–Trinajstić information content (AvgIpc) is 1.68. The highest BCUT2D eigenvalue weighted by atomic mass is 79.9. The molecule has 0 N–H and O–H groups in total. The van der Waals surface area contributed by atoms with Crippen molar-refractivity contribution >= 4 is 15.9 Å². The number of halogens is 2. The Bertz CT molecular complexity index is 46.0. The molecule has 0 saturated carbocycles. The van der Waals surface area contributed by atoms with Gasteiger partial charge >= 0.3 is 0 Å². The minimum Gasteiger partial charge on any atom is -0.250 e. The maximum atomic E-state index is 11.7. The van der Waals surface area contributed by atoms with E-state index in [1.54, 1.807) is 0 Å². The van der Waals surface area contributed by atoms with Crippen molar-refractivity contribution in [2.45, 2.75) is 13.8 Å². The lowest BCUT2D eigenvalue weighted by molar-refractivity contribution is 0.293. The molecule has 0 saturated heterocycles. The number of rotatable bonds is 2. The standard InChI is InChI=1S/C5H10BrF/c1-5(2,3-6)4-7/h3-4H2,1-2H3. The van der Waals surface area contributed by atoms with Gasteiger partial charge in [-0.25, -0.2) is 0 Å². The van der Waals surface area contributed by atoms with E-state index in [9.17, 15) is 4.39 Å². The van der Waals surface area contributed by atoms with Crippen molar-refractivity contribution in [3.8, 4) is 0 Å². The number of hydrogen-bond donors (Lipinski definition) is 0. The van der Waals surface area contributed by atoms with Crippen LogP contribution in [0.15, 0.2) is 0 Å². The molecule has 0 aliphatic carbocycles. The van der Waals surface area contributed by atoms with Crippen molar-refractivity contribution in [2.75, 3.05) is 12.0 Å². The van der Waals surface area contributed by atoms with E-state index in [0.717, 1.165) is 5.33 Å². The average molecular weight is 169 g/mol. The number of hydrogen-bond acceptors (Lipinski definition) is 0. The lowest BCUT2D eigenvalue weighted by Crippen LogP contribution is -2.14. The molecular weight excluding hydrogens is 159 g/mol. The van der Waals surface area contributed by atoms with E-state index >= 15 is 0 Å². The third kappa shape index (κ3) is 3.03. The molecule has 44 valence electrons. The minimum atomic E-state index is -0.252. The van der Waals surface area contributed by atoms with Crippen LogP contribution in [0.1, 0.15) is 13.8 Å². The fourth-order valence-electron chi connectivity index (χ4n) is 0.0357. The van der Waals surface area contributed by atoms with Crippen molar-refractivity contribution in [3.05, 3.63) is 0 Å². The second-order valence-corrected chi connectivity index (χ2v) is 2.99. The quantitative estimate of drug-likeness (QED) is 0.556. The smallest absolute Gasteiger partial charge is 0.0953 e. The summed E-state index contributed by atoms with van der Waals surface area (Å²) in [6.45, 7) is 3.50. The molecule has 0 radical (unpaired) electrons. The van der Waals surface area contributed by atoms with Crippen LogP contribution in [0, 0.1) is 5.41 Å². The first kappa shape index (κ1) is 7.41. The molecule has 0 spiro atoms. The van der Waals surface area contributed by atoms with Crippen molar-refractivity contribution in [1.29, 1.82) is 0 Å². The van der Waals surface area contributed by atoms with Gasteiger partial charge in [0.15, 0.2) is 0 Å². The summed E-state index contributed by atoms with van der Waals surface area (Å²) in [7, 11) is 0. The Hall–Kier alpha value is 0.410. The maximum Gasteiger partial charge on any atom is 0.0953 e. The first-order chi connectivity index (χ1) is 3.12. The van der Waals surface area contributed by atoms with Crippen LogP contribution in [0.25, 0.3) is 0 Å². The van der Waals surface area contributed by atoms with Gasteiger partial charge < -0.3 is 0 Å². The lowest BCUT2D eigenvalue weighted by Gasteiger charge is -2.14. The zero-order valence-electron chi connectivity index (χ0n) is 4.67. The Balaban J connectivity index is 3.36. The van der Waals surface area contributed by atoms with Gasteiger partial charge in [-0.1, -0.05) is 29.8 Å². The Morgan fingerprint density at radius 2 is 2.00 bits per heavy atom. The monoisotopic (exact) mass is 168 g/mol. The predicted octanol–water partition coefficient (Wildman–Crippen LogP) is 2.38. The van der Waals surface area contributed by atoms with Crippen molar-refractivity contribution in [2.24, 2.45) is 5.41 Å². The third-order valence-electron chi connectivity index (χ3n) is 0.724. The van der Waals surface area contributed by atoms with Gasteiger partial charge in [0.1, 0.15) is 0 Å². The van der Waals surface area contributed by atoms with Crippen molar-refractivity contribution in [3.63, 3.8) is 0 Å². The predicted molar refractivity (Wildman–Crippen MR) is 33.5 cm³/mol. The Morgan fingerprint density at radius 1 is 1.57 bits per heavy atom. The van der Waals surface area contributed by atoms with Crippen molar-refractivity contribution < 1.29 is 4.39 Å². The number of alkyl halides is 2. The summed E-state index contributed by atoms with van der Waals surface area (Å²) in [5.41, 5.74) is -0.167. The largest absolute Gasteiger partial charge is 0.250 e. The molecule has 7 heavy (non-hydrogen) atoms. The van der Waals surface area contributed by atoms with E-state index in [1.165, 1.54) is 0 Å². The zero-order valence-corrected chi connectivity index (χ0v) is 6.26. The fraction of sp³-hybridized carbons (Fsp3) is 1.00. The highest BCUT2D eigenvalue weighted by Gasteiger charge is 2.14. The van der Waals surface area contributed by atoms with Gasteiger partial charge in [0.2, 0.25) is 0 Å². The van der Waals surface area contributed by atoms with E-state index in [0.29, 0.717) is 0 Å². The van der Waals surface area contributed by atoms with Gasteiger partial charge in [-0.15, -0.1) is 0 Å². The molecular formula is C5H10BrF. The van der Waals surface area contributed by atoms with E-state index in [1.807, 2.05) is 13.8 Å². The summed E-state index contributed by atoms with van der Waals surface area (Å²) in [5.74, 6) is 0. The van der Waals surface area contributed by atoms with Gasteiger partial charge in [0, 0.05) is 10.7 Å². The lowest BCUT2D eigenvalue weighted by atomic mass is 10.00. The second kappa shape index (κ2) is 2.65. The van der Waals surface area contributed by atoms with Gasteiger partial charge in [-0.05, 0) is 0 Å². The SMILES string of the molecule is CC(C)(CF)CBr. The van der Waals surface area contributed by atoms with Crippen LogP contribution in [0.4, 0.5) is 4.39 Å². The van der Waals surface area contributed by atoms with Gasteiger partial charge in [-0.2, -0.15) is 0 Å². The molecule has 0 nitrogen and oxygen atoms in total. The second-order valence-electron chi connectivity index (χ2n) is 2.43. The summed E-state index contributed by atoms with van der Waals surface area (Å²) in [6.07, 6.45) is 0. The molecule has 0 aromatic heterocycles. The van der Waals surface area contributed by atoms with E-state index in [4.69, 9.17) is 0 Å². The van der Waals surface area contributed by atoms with Crippen LogP contribution < -0.4 is 0 Å². The normalized spacial score (nSPS) is 12.0. The Morgan fingerprint density at radius 3 is 2.00 bits per heavy atom. The molecule has 0 fully saturated rings. The van der Waals surface area contributed by atoms with Crippen LogP contribution in [0.3, 0.4) is 0 Å². The van der Waals surface area contributed by atoms with Gasteiger partial charge in [-0.3, -0.25) is 4.39 Å². The molecule has 0 atom stereocenters. The Labute approximate surface area is 52.2 Å². The van der Waals surface area contributed by atoms with E-state index < -0.39 is 0 Å². The molecule has 0 aliphatic rings. The molecule has 0 unspecified atom stereocenters. The van der Waals surface area contributed by atoms with E-state index in [2.05, 4.69) is 15.9 Å². The highest BCUT2D eigenvalue weighted by Crippen LogP contribution is 2.17. The summed E-state index contributed by atoms with van der Waals surface area (Å²) in [5, 5.41) is 0.733. The molecule has 0 aromatic carbocycles. The third-order valence-corrected chi connectivity index (χ3v) is 2.24. The first-order valence-electron chi connectivity index (χ1n) is 2.24. The summed E-state index contributed by atoms with van der Waals surface area (Å²) in [4.78, 5) is 0. The molecule has 0 aliphatic heterocycles. The molecule has 0 bridgehead atoms. The molecule has 0 heterocycles. The zero-order chi connectivity index (χ0) is 5.91. The summed E-state index contributed by atoms with van der Waals surface area (Å²) >= 11 is 3.19. The summed E-state index contributed by atoms with van der Waals surface area (Å²) in [6, 6.07) is 0. The molecule has 2 heteroatoms. The topological polar surface area (TPSA) is 0 Å². The summed E-state index contributed by atoms with van der Waals surface area (Å²) < 4.78 is 11.7. The fourth-order valence-corrected chi connectivity index (χ4v) is 0.186. The van der Waals surface area contributed by atoms with Gasteiger partial charge in [0.25, 0.3) is 0 Å². The van der Waals surface area contributed by atoms with Crippen LogP contribution in [-0.4, -0.2) is 12.0 Å². The Kier molecular flexibility index (Phi) is 2.81. The van der Waals surface area contributed by atoms with Crippen LogP contribution in [0.2, 0.25) is 0 Å². The maximum absolute atomic E-state index is 11.7. The van der Waals surface area contributed by atoms with Crippen molar-refractivity contribution in [1.82, 2.24) is 0 Å².